The van der Waals surface area contributed by atoms with Crippen molar-refractivity contribution in [1.29, 1.82) is 0 Å². The summed E-state index contributed by atoms with van der Waals surface area (Å²) < 4.78 is 1.51. The van der Waals surface area contributed by atoms with Crippen LogP contribution in [0.3, 0.4) is 0 Å². The molecule has 8 nitrogen and oxygen atoms in total. The minimum atomic E-state index is -0.197. The fourth-order valence-electron chi connectivity index (χ4n) is 2.77. The molecule has 1 aromatic carbocycles. The first kappa shape index (κ1) is 16.9. The van der Waals surface area contributed by atoms with E-state index in [2.05, 4.69) is 27.8 Å². The number of amides is 3. The largest absolute Gasteiger partial charge is 0.336 e. The van der Waals surface area contributed by atoms with Gasteiger partial charge in [0.15, 0.2) is 0 Å². The first-order valence-electron chi connectivity index (χ1n) is 8.21. The van der Waals surface area contributed by atoms with E-state index in [1.165, 1.54) is 20.7 Å². The highest BCUT2D eigenvalue weighted by Crippen LogP contribution is 2.18. The first-order valence-corrected chi connectivity index (χ1v) is 8.21. The van der Waals surface area contributed by atoms with Gasteiger partial charge >= 0.3 is 6.03 Å². The Labute approximate surface area is 146 Å². The number of aromatic nitrogens is 3. The summed E-state index contributed by atoms with van der Waals surface area (Å²) in [6.45, 7) is 1.78. The number of benzene rings is 1. The molecule has 3 amide bonds. The van der Waals surface area contributed by atoms with Gasteiger partial charge in [-0.15, -0.1) is 5.10 Å². The Bertz CT molecular complexity index is 770. The second-order valence-electron chi connectivity index (χ2n) is 6.29. The van der Waals surface area contributed by atoms with E-state index >= 15 is 0 Å². The number of nitrogens with zero attached hydrogens (tertiary/aromatic N) is 5. The van der Waals surface area contributed by atoms with Crippen LogP contribution >= 0.6 is 0 Å². The van der Waals surface area contributed by atoms with Gasteiger partial charge in [-0.3, -0.25) is 4.79 Å². The molecule has 1 aliphatic heterocycles. The molecule has 0 saturated carbocycles. The maximum absolute atomic E-state index is 12.5. The van der Waals surface area contributed by atoms with Gasteiger partial charge in [0.2, 0.25) is 5.91 Å². The molecular formula is C17H22N6O2. The molecule has 0 spiro atoms. The summed E-state index contributed by atoms with van der Waals surface area (Å²) >= 11 is 0. The van der Waals surface area contributed by atoms with E-state index < -0.39 is 0 Å². The molecule has 25 heavy (non-hydrogen) atoms. The third-order valence-electron chi connectivity index (χ3n) is 4.19. The zero-order chi connectivity index (χ0) is 17.8. The summed E-state index contributed by atoms with van der Waals surface area (Å²) in [6, 6.07) is 8.01. The molecule has 132 valence electrons. The second kappa shape index (κ2) is 7.33. The first-order chi connectivity index (χ1) is 12.0. The smallest absolute Gasteiger partial charge is 0.317 e. The molecule has 0 fully saturated rings. The predicted molar refractivity (Wildman–Crippen MR) is 91.5 cm³/mol. The average Bonchev–Trinajstić information content (AvgIpc) is 3.06. The lowest BCUT2D eigenvalue weighted by molar-refractivity contribution is -0.133. The normalized spacial score (nSPS) is 13.3. The molecule has 0 saturated heterocycles. The number of fused-ring (bicyclic) bond motifs is 1. The van der Waals surface area contributed by atoms with Crippen molar-refractivity contribution in [3.63, 3.8) is 0 Å². The summed E-state index contributed by atoms with van der Waals surface area (Å²) in [7, 11) is 3.34. The van der Waals surface area contributed by atoms with Crippen LogP contribution in [0.2, 0.25) is 0 Å². The number of nitrogens with one attached hydrogen (secondary N) is 1. The highest BCUT2D eigenvalue weighted by atomic mass is 16.2. The van der Waals surface area contributed by atoms with Gasteiger partial charge in [-0.2, -0.15) is 0 Å². The number of carbonyl (C=O) groups is 2. The topological polar surface area (TPSA) is 83.4 Å². The van der Waals surface area contributed by atoms with Crippen LogP contribution in [-0.2, 0) is 30.8 Å². The second-order valence-corrected chi connectivity index (χ2v) is 6.29. The van der Waals surface area contributed by atoms with Crippen LogP contribution in [-0.4, -0.2) is 57.4 Å². The van der Waals surface area contributed by atoms with Crippen LogP contribution in [0, 0.1) is 0 Å². The number of hydrogen-bond acceptors (Lipinski definition) is 4. The summed E-state index contributed by atoms with van der Waals surface area (Å²) in [5, 5.41) is 10.7. The van der Waals surface area contributed by atoms with Crippen molar-refractivity contribution in [3.8, 4) is 0 Å². The van der Waals surface area contributed by atoms with Crippen molar-refractivity contribution in [3.05, 3.63) is 47.3 Å². The number of rotatable bonds is 4. The van der Waals surface area contributed by atoms with Crippen molar-refractivity contribution < 1.29 is 9.59 Å². The maximum Gasteiger partial charge on any atom is 0.317 e. The minimum Gasteiger partial charge on any atom is -0.336 e. The lowest BCUT2D eigenvalue weighted by atomic mass is 10.00. The van der Waals surface area contributed by atoms with E-state index in [-0.39, 0.29) is 25.0 Å². The molecule has 1 aromatic heterocycles. The van der Waals surface area contributed by atoms with Crippen LogP contribution in [0.4, 0.5) is 4.79 Å². The van der Waals surface area contributed by atoms with E-state index in [4.69, 9.17) is 0 Å². The van der Waals surface area contributed by atoms with Crippen LogP contribution in [0.15, 0.2) is 30.5 Å². The maximum atomic E-state index is 12.5. The molecule has 3 rings (SSSR count). The van der Waals surface area contributed by atoms with E-state index in [0.29, 0.717) is 12.2 Å². The molecule has 0 radical (unpaired) electrons. The fourth-order valence-corrected chi connectivity index (χ4v) is 2.77. The van der Waals surface area contributed by atoms with E-state index in [1.54, 1.807) is 20.3 Å². The lowest BCUT2D eigenvalue weighted by Gasteiger charge is -2.28. The van der Waals surface area contributed by atoms with Crippen LogP contribution in [0.1, 0.15) is 16.8 Å². The molecule has 8 heteroatoms. The number of hydrogen-bond donors (Lipinski definition) is 1. The van der Waals surface area contributed by atoms with Gasteiger partial charge in [0.1, 0.15) is 12.2 Å². The van der Waals surface area contributed by atoms with E-state index in [1.807, 2.05) is 17.0 Å². The predicted octanol–water partition coefficient (Wildman–Crippen LogP) is 0.634. The monoisotopic (exact) mass is 342 g/mol. The fraction of sp³-hybridized carbons (Fsp3) is 0.412. The van der Waals surface area contributed by atoms with Gasteiger partial charge in [-0.05, 0) is 17.5 Å². The lowest BCUT2D eigenvalue weighted by Crippen LogP contribution is -2.38. The molecule has 1 aliphatic rings. The molecule has 0 bridgehead atoms. The Morgan fingerprint density at radius 2 is 2.00 bits per heavy atom. The van der Waals surface area contributed by atoms with E-state index in [0.717, 1.165) is 13.0 Å². The number of carbonyl (C=O) groups excluding carboxylic acids is 2. The highest BCUT2D eigenvalue weighted by molar-refractivity contribution is 5.76. The SMILES string of the molecule is CN(C)C(=O)NCc1cn(CC(=O)N2CCc3ccccc3C2)nn1. The Balaban J connectivity index is 1.55. The third kappa shape index (κ3) is 4.14. The van der Waals surface area contributed by atoms with Crippen LogP contribution in [0.5, 0.6) is 0 Å². The molecule has 1 N–H and O–H groups in total. The Kier molecular flexibility index (Phi) is 4.97. The Hall–Kier alpha value is -2.90. The Morgan fingerprint density at radius 1 is 1.24 bits per heavy atom. The molecule has 0 aliphatic carbocycles. The van der Waals surface area contributed by atoms with Crippen molar-refractivity contribution in [2.75, 3.05) is 20.6 Å². The molecule has 0 unspecified atom stereocenters. The molecular weight excluding hydrogens is 320 g/mol. The van der Waals surface area contributed by atoms with Gasteiger partial charge in [-0.1, -0.05) is 29.5 Å². The summed E-state index contributed by atoms with van der Waals surface area (Å²) in [6.07, 6.45) is 2.56. The van der Waals surface area contributed by atoms with Crippen LogP contribution in [0.25, 0.3) is 0 Å². The minimum absolute atomic E-state index is 0.0169. The standard InChI is InChI=1S/C17H22N6O2/c1-21(2)17(25)18-9-15-11-23(20-19-15)12-16(24)22-8-7-13-5-3-4-6-14(13)10-22/h3-6,11H,7-10,12H2,1-2H3,(H,18,25). The van der Waals surface area contributed by atoms with Gasteiger partial charge < -0.3 is 15.1 Å². The average molecular weight is 342 g/mol. The van der Waals surface area contributed by atoms with Crippen molar-refractivity contribution in [1.82, 2.24) is 30.1 Å². The van der Waals surface area contributed by atoms with Crippen molar-refractivity contribution in [2.45, 2.75) is 26.1 Å². The van der Waals surface area contributed by atoms with Crippen molar-refractivity contribution in [2.24, 2.45) is 0 Å². The zero-order valence-corrected chi connectivity index (χ0v) is 14.5. The van der Waals surface area contributed by atoms with Gasteiger partial charge in [0.05, 0.1) is 12.7 Å². The number of urea groups is 1. The quantitative estimate of drug-likeness (QED) is 0.884. The van der Waals surface area contributed by atoms with Crippen molar-refractivity contribution >= 4 is 11.9 Å². The summed E-state index contributed by atoms with van der Waals surface area (Å²) in [4.78, 5) is 27.3. The van der Waals surface area contributed by atoms with Gasteiger partial charge in [0, 0.05) is 27.2 Å². The van der Waals surface area contributed by atoms with E-state index in [9.17, 15) is 9.59 Å². The molecule has 0 atom stereocenters. The Morgan fingerprint density at radius 3 is 2.76 bits per heavy atom. The van der Waals surface area contributed by atoms with Gasteiger partial charge in [-0.25, -0.2) is 9.48 Å². The van der Waals surface area contributed by atoms with Gasteiger partial charge in [0.25, 0.3) is 0 Å². The zero-order valence-electron chi connectivity index (χ0n) is 14.5. The summed E-state index contributed by atoms with van der Waals surface area (Å²) in [5.74, 6) is 0.0169. The third-order valence-corrected chi connectivity index (χ3v) is 4.19. The molecule has 2 heterocycles. The molecule has 2 aromatic rings. The van der Waals surface area contributed by atoms with Crippen LogP contribution < -0.4 is 5.32 Å². The summed E-state index contributed by atoms with van der Waals surface area (Å²) in [5.41, 5.74) is 3.13. The highest BCUT2D eigenvalue weighted by Gasteiger charge is 2.20.